The van der Waals surface area contributed by atoms with E-state index in [9.17, 15) is 12.8 Å². The zero-order chi connectivity index (χ0) is 14.9. The SMILES string of the molecule is Cc1ccc(S(=O)(=O)Nc2ccc(F)cc2Br)c(C)c1. The number of anilines is 1. The number of sulfonamides is 1. The van der Waals surface area contributed by atoms with Crippen molar-refractivity contribution in [1.29, 1.82) is 0 Å². The Hall–Kier alpha value is -1.40. The topological polar surface area (TPSA) is 46.2 Å². The Morgan fingerprint density at radius 3 is 2.40 bits per heavy atom. The second kappa shape index (κ2) is 5.54. The summed E-state index contributed by atoms with van der Waals surface area (Å²) in [6.07, 6.45) is 0. The molecule has 0 amide bonds. The van der Waals surface area contributed by atoms with Crippen LogP contribution in [0.2, 0.25) is 0 Å². The lowest BCUT2D eigenvalue weighted by atomic mass is 10.2. The van der Waals surface area contributed by atoms with Crippen LogP contribution in [0.25, 0.3) is 0 Å². The van der Waals surface area contributed by atoms with Crippen LogP contribution in [-0.2, 0) is 10.0 Å². The molecule has 2 aromatic rings. The van der Waals surface area contributed by atoms with Gasteiger partial charge in [-0.25, -0.2) is 12.8 Å². The third-order valence-corrected chi connectivity index (χ3v) is 4.98. The van der Waals surface area contributed by atoms with E-state index in [1.165, 1.54) is 18.2 Å². The summed E-state index contributed by atoms with van der Waals surface area (Å²) < 4.78 is 40.5. The molecule has 2 rings (SSSR count). The van der Waals surface area contributed by atoms with Gasteiger partial charge in [0.1, 0.15) is 5.82 Å². The Morgan fingerprint density at radius 2 is 1.80 bits per heavy atom. The minimum atomic E-state index is -3.70. The number of hydrogen-bond acceptors (Lipinski definition) is 2. The van der Waals surface area contributed by atoms with Crippen molar-refractivity contribution in [2.24, 2.45) is 0 Å². The van der Waals surface area contributed by atoms with Crippen LogP contribution in [0.3, 0.4) is 0 Å². The molecule has 0 aliphatic carbocycles. The third-order valence-electron chi connectivity index (χ3n) is 2.80. The molecule has 0 saturated carbocycles. The molecule has 0 spiro atoms. The number of rotatable bonds is 3. The first kappa shape index (κ1) is 15.0. The molecule has 3 nitrogen and oxygen atoms in total. The smallest absolute Gasteiger partial charge is 0.262 e. The summed E-state index contributed by atoms with van der Waals surface area (Å²) in [4.78, 5) is 0.208. The highest BCUT2D eigenvalue weighted by molar-refractivity contribution is 9.10. The van der Waals surface area contributed by atoms with Crippen molar-refractivity contribution in [3.63, 3.8) is 0 Å². The predicted molar refractivity (Wildman–Crippen MR) is 80.8 cm³/mol. The lowest BCUT2D eigenvalue weighted by Crippen LogP contribution is -2.14. The first-order valence-electron chi connectivity index (χ1n) is 5.85. The van der Waals surface area contributed by atoms with Gasteiger partial charge in [0.15, 0.2) is 0 Å². The van der Waals surface area contributed by atoms with Crippen LogP contribution in [0.5, 0.6) is 0 Å². The minimum absolute atomic E-state index is 0.208. The summed E-state index contributed by atoms with van der Waals surface area (Å²) in [6.45, 7) is 3.63. The Morgan fingerprint density at radius 1 is 1.10 bits per heavy atom. The Labute approximate surface area is 126 Å². The fourth-order valence-corrected chi connectivity index (χ4v) is 3.76. The molecule has 0 unspecified atom stereocenters. The minimum Gasteiger partial charge on any atom is -0.278 e. The van der Waals surface area contributed by atoms with Crippen LogP contribution in [0.4, 0.5) is 10.1 Å². The van der Waals surface area contributed by atoms with Gasteiger partial charge in [-0.2, -0.15) is 0 Å². The summed E-state index contributed by atoms with van der Waals surface area (Å²) in [7, 11) is -3.70. The molecule has 0 radical (unpaired) electrons. The first-order valence-corrected chi connectivity index (χ1v) is 8.12. The lowest BCUT2D eigenvalue weighted by Gasteiger charge is -2.12. The van der Waals surface area contributed by atoms with Gasteiger partial charge >= 0.3 is 0 Å². The lowest BCUT2D eigenvalue weighted by molar-refractivity contribution is 0.600. The fraction of sp³-hybridized carbons (Fsp3) is 0.143. The summed E-state index contributed by atoms with van der Waals surface area (Å²) in [6, 6.07) is 8.88. The van der Waals surface area contributed by atoms with Gasteiger partial charge in [-0.05, 0) is 59.6 Å². The molecule has 20 heavy (non-hydrogen) atoms. The molecular weight excluding hydrogens is 345 g/mol. The molecule has 106 valence electrons. The maximum absolute atomic E-state index is 13.0. The standard InChI is InChI=1S/C14H13BrFNO2S/c1-9-3-6-14(10(2)7-9)20(18,19)17-13-5-4-11(16)8-12(13)15/h3-8,17H,1-2H3. The van der Waals surface area contributed by atoms with Crippen molar-refractivity contribution in [1.82, 2.24) is 0 Å². The summed E-state index contributed by atoms with van der Waals surface area (Å²) in [5.74, 6) is -0.439. The van der Waals surface area contributed by atoms with E-state index >= 15 is 0 Å². The van der Waals surface area contributed by atoms with Gasteiger partial charge in [0, 0.05) is 4.47 Å². The van der Waals surface area contributed by atoms with Crippen LogP contribution >= 0.6 is 15.9 Å². The molecule has 0 atom stereocenters. The normalized spacial score (nSPS) is 11.4. The van der Waals surface area contributed by atoms with E-state index in [-0.39, 0.29) is 4.90 Å². The average molecular weight is 358 g/mol. The van der Waals surface area contributed by atoms with Gasteiger partial charge in [0.2, 0.25) is 0 Å². The number of hydrogen-bond donors (Lipinski definition) is 1. The molecule has 6 heteroatoms. The molecule has 2 aromatic carbocycles. The summed E-state index contributed by atoms with van der Waals surface area (Å²) in [5, 5.41) is 0. The molecule has 0 fully saturated rings. The number of benzene rings is 2. The maximum atomic E-state index is 13.0. The van der Waals surface area contributed by atoms with Gasteiger partial charge in [-0.15, -0.1) is 0 Å². The zero-order valence-corrected chi connectivity index (χ0v) is 13.3. The molecule has 1 N–H and O–H groups in total. The highest BCUT2D eigenvalue weighted by Gasteiger charge is 2.18. The quantitative estimate of drug-likeness (QED) is 0.901. The molecule has 0 aliphatic heterocycles. The predicted octanol–water partition coefficient (Wildman–Crippen LogP) is 4.01. The Bertz CT molecular complexity index is 760. The van der Waals surface area contributed by atoms with E-state index in [2.05, 4.69) is 20.7 Å². The van der Waals surface area contributed by atoms with Crippen LogP contribution in [0.15, 0.2) is 45.8 Å². The van der Waals surface area contributed by atoms with E-state index in [1.807, 2.05) is 6.92 Å². The van der Waals surface area contributed by atoms with Gasteiger partial charge < -0.3 is 0 Å². The number of nitrogens with one attached hydrogen (secondary N) is 1. The monoisotopic (exact) mass is 357 g/mol. The second-order valence-electron chi connectivity index (χ2n) is 4.50. The van der Waals surface area contributed by atoms with E-state index in [0.29, 0.717) is 15.7 Å². The van der Waals surface area contributed by atoms with Crippen molar-refractivity contribution in [3.05, 3.63) is 57.8 Å². The fourth-order valence-electron chi connectivity index (χ4n) is 1.87. The highest BCUT2D eigenvalue weighted by Crippen LogP contribution is 2.26. The highest BCUT2D eigenvalue weighted by atomic mass is 79.9. The molecule has 0 heterocycles. The van der Waals surface area contributed by atoms with Crippen molar-refractivity contribution < 1.29 is 12.8 Å². The van der Waals surface area contributed by atoms with Gasteiger partial charge in [0.05, 0.1) is 10.6 Å². The number of halogens is 2. The third kappa shape index (κ3) is 3.19. The average Bonchev–Trinajstić information content (AvgIpc) is 2.32. The summed E-state index contributed by atoms with van der Waals surface area (Å²) in [5.41, 5.74) is 1.95. The number of aryl methyl sites for hydroxylation is 2. The second-order valence-corrected chi connectivity index (χ2v) is 7.00. The maximum Gasteiger partial charge on any atom is 0.262 e. The van der Waals surface area contributed by atoms with Crippen LogP contribution in [0, 0.1) is 19.7 Å². The van der Waals surface area contributed by atoms with Crippen molar-refractivity contribution in [3.8, 4) is 0 Å². The van der Waals surface area contributed by atoms with Crippen molar-refractivity contribution >= 4 is 31.6 Å². The van der Waals surface area contributed by atoms with Gasteiger partial charge in [-0.1, -0.05) is 17.7 Å². The molecule has 0 aliphatic rings. The molecule has 0 bridgehead atoms. The van der Waals surface area contributed by atoms with Crippen molar-refractivity contribution in [2.45, 2.75) is 18.7 Å². The molecular formula is C14H13BrFNO2S. The van der Waals surface area contributed by atoms with E-state index < -0.39 is 15.8 Å². The molecule has 0 saturated heterocycles. The van der Waals surface area contributed by atoms with E-state index in [0.717, 1.165) is 5.56 Å². The van der Waals surface area contributed by atoms with Gasteiger partial charge in [0.25, 0.3) is 10.0 Å². The summed E-state index contributed by atoms with van der Waals surface area (Å²) >= 11 is 3.14. The van der Waals surface area contributed by atoms with E-state index in [1.54, 1.807) is 25.1 Å². The van der Waals surface area contributed by atoms with Crippen LogP contribution < -0.4 is 4.72 Å². The van der Waals surface area contributed by atoms with Crippen molar-refractivity contribution in [2.75, 3.05) is 4.72 Å². The van der Waals surface area contributed by atoms with Gasteiger partial charge in [-0.3, -0.25) is 4.72 Å². The van der Waals surface area contributed by atoms with Crippen LogP contribution in [0.1, 0.15) is 11.1 Å². The largest absolute Gasteiger partial charge is 0.278 e. The Balaban J connectivity index is 2.41. The van der Waals surface area contributed by atoms with Crippen LogP contribution in [-0.4, -0.2) is 8.42 Å². The Kier molecular flexibility index (Phi) is 4.15. The first-order chi connectivity index (χ1) is 9.29. The van der Waals surface area contributed by atoms with E-state index in [4.69, 9.17) is 0 Å². The zero-order valence-electron chi connectivity index (χ0n) is 10.9. The molecule has 0 aromatic heterocycles.